The molecule has 0 saturated heterocycles. The fraction of sp³-hybridized carbons (Fsp3) is 0.409. The van der Waals surface area contributed by atoms with E-state index in [-0.39, 0.29) is 5.91 Å². The molecule has 27 heavy (non-hydrogen) atoms. The van der Waals surface area contributed by atoms with E-state index in [4.69, 9.17) is 4.98 Å². The highest BCUT2D eigenvalue weighted by Gasteiger charge is 2.21. The number of anilines is 1. The van der Waals surface area contributed by atoms with E-state index in [0.29, 0.717) is 18.2 Å². The van der Waals surface area contributed by atoms with Gasteiger partial charge < -0.3 is 5.32 Å². The molecule has 5 heteroatoms. The van der Waals surface area contributed by atoms with E-state index in [9.17, 15) is 4.79 Å². The third kappa shape index (κ3) is 3.72. The highest BCUT2D eigenvalue weighted by molar-refractivity contribution is 5.97. The van der Waals surface area contributed by atoms with E-state index in [1.807, 2.05) is 54.8 Å². The number of benzene rings is 1. The number of aromatic nitrogens is 3. The standard InChI is InChI=1S/C22H26N4O/c1-15-14-16(2)26-22(23-15)20(18-10-4-3-5-11-18)21(25-26)24-19(27)13-12-17-8-6-7-9-17/h3-5,10-11,14,17H,6-9,12-13H2,1-2H3,(H,24,25,27). The topological polar surface area (TPSA) is 59.3 Å². The molecule has 0 radical (unpaired) electrons. The number of carbonyl (C=O) groups is 1. The summed E-state index contributed by atoms with van der Waals surface area (Å²) in [6.45, 7) is 3.99. The number of rotatable bonds is 5. The van der Waals surface area contributed by atoms with Crippen molar-refractivity contribution in [1.29, 1.82) is 0 Å². The molecule has 0 bridgehead atoms. The Kier molecular flexibility index (Phi) is 4.92. The molecule has 0 spiro atoms. The number of aryl methyl sites for hydroxylation is 2. The van der Waals surface area contributed by atoms with Crippen molar-refractivity contribution >= 4 is 17.4 Å². The van der Waals surface area contributed by atoms with Crippen molar-refractivity contribution in [1.82, 2.24) is 14.6 Å². The van der Waals surface area contributed by atoms with Crippen molar-refractivity contribution in [2.45, 2.75) is 52.4 Å². The summed E-state index contributed by atoms with van der Waals surface area (Å²) in [5.41, 5.74) is 4.62. The molecule has 0 unspecified atom stereocenters. The smallest absolute Gasteiger partial charge is 0.225 e. The molecule has 2 aromatic heterocycles. The molecule has 1 aliphatic carbocycles. The van der Waals surface area contributed by atoms with Crippen molar-refractivity contribution in [3.05, 3.63) is 47.8 Å². The number of carbonyl (C=O) groups excluding carboxylic acids is 1. The van der Waals surface area contributed by atoms with Gasteiger partial charge in [-0.2, -0.15) is 0 Å². The van der Waals surface area contributed by atoms with Gasteiger partial charge in [0.15, 0.2) is 11.5 Å². The summed E-state index contributed by atoms with van der Waals surface area (Å²) in [6.07, 6.45) is 6.66. The molecule has 0 atom stereocenters. The summed E-state index contributed by atoms with van der Waals surface area (Å²) in [4.78, 5) is 17.3. The zero-order valence-corrected chi connectivity index (χ0v) is 16.0. The number of fused-ring (bicyclic) bond motifs is 1. The molecule has 4 rings (SSSR count). The highest BCUT2D eigenvalue weighted by atomic mass is 16.1. The molecule has 5 nitrogen and oxygen atoms in total. The predicted molar refractivity (Wildman–Crippen MR) is 108 cm³/mol. The average Bonchev–Trinajstić information content (AvgIpc) is 3.28. The number of amides is 1. The van der Waals surface area contributed by atoms with Gasteiger partial charge in [0.1, 0.15) is 0 Å². The summed E-state index contributed by atoms with van der Waals surface area (Å²) < 4.78 is 1.82. The molecule has 1 saturated carbocycles. The Balaban J connectivity index is 1.66. The fourth-order valence-corrected chi connectivity index (χ4v) is 4.11. The molecular formula is C22H26N4O. The first-order chi connectivity index (χ1) is 13.1. The maximum absolute atomic E-state index is 12.6. The molecule has 3 aromatic rings. The number of nitrogens with zero attached hydrogens (tertiary/aromatic N) is 3. The van der Waals surface area contributed by atoms with Gasteiger partial charge in [-0.1, -0.05) is 56.0 Å². The van der Waals surface area contributed by atoms with Gasteiger partial charge in [-0.15, -0.1) is 5.10 Å². The van der Waals surface area contributed by atoms with Crippen LogP contribution >= 0.6 is 0 Å². The molecular weight excluding hydrogens is 336 g/mol. The van der Waals surface area contributed by atoms with E-state index < -0.39 is 0 Å². The second-order valence-electron chi connectivity index (χ2n) is 7.60. The van der Waals surface area contributed by atoms with E-state index in [2.05, 4.69) is 10.4 Å². The predicted octanol–water partition coefficient (Wildman–Crippen LogP) is 4.92. The van der Waals surface area contributed by atoms with Crippen molar-refractivity contribution in [2.75, 3.05) is 5.32 Å². The van der Waals surface area contributed by atoms with Crippen LogP contribution in [-0.2, 0) is 4.79 Å². The molecule has 0 aliphatic heterocycles. The third-order valence-corrected chi connectivity index (χ3v) is 5.47. The second kappa shape index (κ2) is 7.51. The minimum Gasteiger partial charge on any atom is -0.309 e. The molecule has 1 aliphatic rings. The molecule has 1 aromatic carbocycles. The maximum Gasteiger partial charge on any atom is 0.225 e. The Morgan fingerprint density at radius 3 is 2.67 bits per heavy atom. The van der Waals surface area contributed by atoms with Gasteiger partial charge in [0.25, 0.3) is 0 Å². The lowest BCUT2D eigenvalue weighted by Gasteiger charge is -2.09. The van der Waals surface area contributed by atoms with Gasteiger partial charge >= 0.3 is 0 Å². The quantitative estimate of drug-likeness (QED) is 0.701. The van der Waals surface area contributed by atoms with Crippen LogP contribution in [0, 0.1) is 19.8 Å². The summed E-state index contributed by atoms with van der Waals surface area (Å²) in [6, 6.07) is 12.0. The van der Waals surface area contributed by atoms with Crippen molar-refractivity contribution in [3.8, 4) is 11.1 Å². The van der Waals surface area contributed by atoms with Crippen molar-refractivity contribution in [3.63, 3.8) is 0 Å². The van der Waals surface area contributed by atoms with E-state index in [0.717, 1.165) is 34.6 Å². The monoisotopic (exact) mass is 362 g/mol. The number of nitrogens with one attached hydrogen (secondary N) is 1. The van der Waals surface area contributed by atoms with Crippen LogP contribution in [0.5, 0.6) is 0 Å². The Morgan fingerprint density at radius 1 is 1.19 bits per heavy atom. The third-order valence-electron chi connectivity index (χ3n) is 5.47. The molecule has 1 amide bonds. The second-order valence-corrected chi connectivity index (χ2v) is 7.60. The molecule has 2 heterocycles. The highest BCUT2D eigenvalue weighted by Crippen LogP contribution is 2.33. The van der Waals surface area contributed by atoms with Gasteiger partial charge in [-0.3, -0.25) is 4.79 Å². The summed E-state index contributed by atoms with van der Waals surface area (Å²) in [5.74, 6) is 1.34. The number of hydrogen-bond acceptors (Lipinski definition) is 3. The first-order valence-corrected chi connectivity index (χ1v) is 9.84. The van der Waals surface area contributed by atoms with Gasteiger partial charge in [0.2, 0.25) is 5.91 Å². The Hall–Kier alpha value is -2.69. The van der Waals surface area contributed by atoms with Crippen LogP contribution in [0.3, 0.4) is 0 Å². The Morgan fingerprint density at radius 2 is 1.93 bits per heavy atom. The van der Waals surface area contributed by atoms with Crippen LogP contribution in [0.4, 0.5) is 5.82 Å². The SMILES string of the molecule is Cc1cc(C)n2nc(NC(=O)CCC3CCCC3)c(-c3ccccc3)c2n1. The minimum absolute atomic E-state index is 0.0388. The molecule has 140 valence electrons. The van der Waals surface area contributed by atoms with Crippen LogP contribution < -0.4 is 5.32 Å². The van der Waals surface area contributed by atoms with Crippen LogP contribution in [0.15, 0.2) is 36.4 Å². The number of hydrogen-bond donors (Lipinski definition) is 1. The summed E-state index contributed by atoms with van der Waals surface area (Å²) >= 11 is 0. The Labute approximate surface area is 159 Å². The first-order valence-electron chi connectivity index (χ1n) is 9.84. The lowest BCUT2D eigenvalue weighted by Crippen LogP contribution is -2.13. The van der Waals surface area contributed by atoms with Gasteiger partial charge in [0, 0.05) is 17.8 Å². The normalized spacial score (nSPS) is 14.7. The van der Waals surface area contributed by atoms with E-state index in [1.165, 1.54) is 25.7 Å². The van der Waals surface area contributed by atoms with Crippen molar-refractivity contribution < 1.29 is 4.79 Å². The first kappa shape index (κ1) is 17.7. The van der Waals surface area contributed by atoms with Crippen LogP contribution in [-0.4, -0.2) is 20.5 Å². The zero-order chi connectivity index (χ0) is 18.8. The minimum atomic E-state index is 0.0388. The zero-order valence-electron chi connectivity index (χ0n) is 16.0. The van der Waals surface area contributed by atoms with Gasteiger partial charge in [0.05, 0.1) is 5.56 Å². The average molecular weight is 362 g/mol. The van der Waals surface area contributed by atoms with E-state index >= 15 is 0 Å². The summed E-state index contributed by atoms with van der Waals surface area (Å²) in [7, 11) is 0. The fourth-order valence-electron chi connectivity index (χ4n) is 4.11. The van der Waals surface area contributed by atoms with Crippen LogP contribution in [0.1, 0.15) is 49.9 Å². The summed E-state index contributed by atoms with van der Waals surface area (Å²) in [5, 5.41) is 7.73. The Bertz CT molecular complexity index is 955. The van der Waals surface area contributed by atoms with Crippen LogP contribution in [0.25, 0.3) is 16.8 Å². The lowest BCUT2D eigenvalue weighted by molar-refractivity contribution is -0.116. The lowest BCUT2D eigenvalue weighted by atomic mass is 10.0. The maximum atomic E-state index is 12.6. The molecule has 1 N–H and O–H groups in total. The molecule has 1 fully saturated rings. The van der Waals surface area contributed by atoms with Crippen molar-refractivity contribution in [2.24, 2.45) is 5.92 Å². The van der Waals surface area contributed by atoms with Crippen LogP contribution in [0.2, 0.25) is 0 Å². The van der Waals surface area contributed by atoms with Gasteiger partial charge in [-0.05, 0) is 37.8 Å². The largest absolute Gasteiger partial charge is 0.309 e. The van der Waals surface area contributed by atoms with E-state index in [1.54, 1.807) is 0 Å². The van der Waals surface area contributed by atoms with Gasteiger partial charge in [-0.25, -0.2) is 9.50 Å².